The third-order valence-electron chi connectivity index (χ3n) is 8.48. The van der Waals surface area contributed by atoms with Crippen molar-refractivity contribution in [2.45, 2.75) is 25.7 Å². The molecule has 0 bridgehead atoms. The van der Waals surface area contributed by atoms with Crippen molar-refractivity contribution in [1.29, 1.82) is 0 Å². The van der Waals surface area contributed by atoms with Gasteiger partial charge >= 0.3 is 0 Å². The highest BCUT2D eigenvalue weighted by molar-refractivity contribution is 6.56. The highest BCUT2D eigenvalue weighted by Crippen LogP contribution is 2.38. The molecular weight excluding hydrogens is 541 g/mol. The minimum absolute atomic E-state index is 0.0100. The van der Waals surface area contributed by atoms with Gasteiger partial charge in [0.25, 0.3) is 0 Å². The van der Waals surface area contributed by atoms with Crippen LogP contribution in [0.5, 0.6) is 11.5 Å². The lowest BCUT2D eigenvalue weighted by Gasteiger charge is -2.32. The topological polar surface area (TPSA) is 108 Å². The first-order valence-corrected chi connectivity index (χ1v) is 14.9. The molecule has 4 heterocycles. The molecule has 3 N–H and O–H groups in total. The maximum absolute atomic E-state index is 12.4. The van der Waals surface area contributed by atoms with Crippen molar-refractivity contribution in [2.24, 2.45) is 0 Å². The van der Waals surface area contributed by atoms with Crippen molar-refractivity contribution in [3.63, 3.8) is 0 Å². The van der Waals surface area contributed by atoms with Gasteiger partial charge in [0.2, 0.25) is 11.9 Å². The van der Waals surface area contributed by atoms with Gasteiger partial charge in [0.05, 0.1) is 24.5 Å². The summed E-state index contributed by atoms with van der Waals surface area (Å²) in [5.74, 6) is 0.641. The summed E-state index contributed by atoms with van der Waals surface area (Å²) in [5.41, 5.74) is 6.09. The number of nitrogens with zero attached hydrogens (tertiary/aromatic N) is 5. The largest absolute Gasteiger partial charge is 0.504 e. The van der Waals surface area contributed by atoms with Crippen molar-refractivity contribution >= 4 is 46.9 Å². The van der Waals surface area contributed by atoms with E-state index in [0.29, 0.717) is 28.8 Å². The molecule has 1 saturated heterocycles. The lowest BCUT2D eigenvalue weighted by atomic mass is 9.66. The number of ether oxygens (including phenoxy) is 1. The Hall–Kier alpha value is -4.35. The van der Waals surface area contributed by atoms with Gasteiger partial charge in [0.1, 0.15) is 11.4 Å². The first-order chi connectivity index (χ1) is 20.9. The molecular formula is C32H38BN7O3. The fourth-order valence-electron chi connectivity index (χ4n) is 6.16. The van der Waals surface area contributed by atoms with Gasteiger partial charge in [-0.2, -0.15) is 0 Å². The Balaban J connectivity index is 1.28. The fourth-order valence-corrected chi connectivity index (χ4v) is 6.16. The molecule has 43 heavy (non-hydrogen) atoms. The standard InChI is InChI=1S/C32H38BN7O3/c1-4-29(42)35-25-18-26(28(43-3)17-24(25)33-10-12-39-15-13-38(2)14-16-39)36-32-34-19-27(41)30(37-32)23-20-40-11-6-8-21-7-5-9-22(23)31(21)40/h4-5,7,9,17-20,33,41H,1,6,8,10-16H2,2-3H3,(H,35,42)(H,34,36,37). The van der Waals surface area contributed by atoms with Gasteiger partial charge < -0.3 is 34.8 Å². The van der Waals surface area contributed by atoms with Crippen molar-refractivity contribution in [3.05, 3.63) is 60.9 Å². The summed E-state index contributed by atoms with van der Waals surface area (Å²) in [4.78, 5) is 26.3. The number of likely N-dealkylation sites (N-methyl/N-ethyl adjacent to an activating group) is 1. The zero-order valence-electron chi connectivity index (χ0n) is 24.9. The number of aromatic hydroxyl groups is 1. The number of carbonyl (C=O) groups excluding carboxylic acids is 1. The highest BCUT2D eigenvalue weighted by atomic mass is 16.5. The molecule has 10 nitrogen and oxygen atoms in total. The number of methoxy groups -OCH3 is 1. The monoisotopic (exact) mass is 579 g/mol. The molecule has 2 aliphatic heterocycles. The van der Waals surface area contributed by atoms with Crippen molar-refractivity contribution in [1.82, 2.24) is 24.3 Å². The number of piperazine rings is 1. The van der Waals surface area contributed by atoms with E-state index in [9.17, 15) is 9.90 Å². The number of hydrogen-bond donors (Lipinski definition) is 3. The number of anilines is 3. The van der Waals surface area contributed by atoms with Gasteiger partial charge in [0.15, 0.2) is 13.0 Å². The van der Waals surface area contributed by atoms with Crippen LogP contribution in [0, 0.1) is 0 Å². The highest BCUT2D eigenvalue weighted by Gasteiger charge is 2.21. The van der Waals surface area contributed by atoms with Gasteiger partial charge in [-0.15, -0.1) is 0 Å². The lowest BCUT2D eigenvalue weighted by molar-refractivity contribution is -0.111. The molecule has 222 valence electrons. The van der Waals surface area contributed by atoms with E-state index < -0.39 is 0 Å². The molecule has 1 fully saturated rings. The maximum Gasteiger partial charge on any atom is 0.247 e. The van der Waals surface area contributed by atoms with Crippen LogP contribution >= 0.6 is 0 Å². The smallest absolute Gasteiger partial charge is 0.247 e. The molecule has 0 radical (unpaired) electrons. The zero-order chi connectivity index (χ0) is 29.9. The molecule has 2 aromatic carbocycles. The number of hydrogen-bond acceptors (Lipinski definition) is 8. The zero-order valence-corrected chi connectivity index (χ0v) is 24.9. The predicted octanol–water partition coefficient (Wildman–Crippen LogP) is 3.35. The van der Waals surface area contributed by atoms with Crippen molar-refractivity contribution in [3.8, 4) is 22.8 Å². The summed E-state index contributed by atoms with van der Waals surface area (Å²) in [6.45, 7) is 9.84. The van der Waals surface area contributed by atoms with E-state index in [1.165, 1.54) is 23.4 Å². The number of aromatic nitrogens is 3. The summed E-state index contributed by atoms with van der Waals surface area (Å²) >= 11 is 0. The molecule has 6 rings (SSSR count). The fraction of sp³-hybridized carbons (Fsp3) is 0.344. The second-order valence-electron chi connectivity index (χ2n) is 11.4. The lowest BCUT2D eigenvalue weighted by Crippen LogP contribution is -2.45. The number of benzene rings is 2. The third-order valence-corrected chi connectivity index (χ3v) is 8.48. The number of rotatable bonds is 10. The second kappa shape index (κ2) is 12.5. The van der Waals surface area contributed by atoms with Crippen LogP contribution in [-0.2, 0) is 17.8 Å². The number of amides is 1. The van der Waals surface area contributed by atoms with E-state index in [0.717, 1.165) is 82.1 Å². The Morgan fingerprint density at radius 1 is 1.19 bits per heavy atom. The molecule has 0 unspecified atom stereocenters. The van der Waals surface area contributed by atoms with Gasteiger partial charge in [0, 0.05) is 55.6 Å². The molecule has 1 amide bonds. The van der Waals surface area contributed by atoms with Crippen LogP contribution in [0.2, 0.25) is 6.32 Å². The average Bonchev–Trinajstić information content (AvgIpc) is 3.40. The molecule has 11 heteroatoms. The summed E-state index contributed by atoms with van der Waals surface area (Å²) in [6, 6.07) is 10.1. The number of carbonyl (C=O) groups is 1. The van der Waals surface area contributed by atoms with Crippen LogP contribution in [0.25, 0.3) is 22.2 Å². The Morgan fingerprint density at radius 2 is 2.02 bits per heavy atom. The molecule has 2 aromatic heterocycles. The van der Waals surface area contributed by atoms with Crippen molar-refractivity contribution < 1.29 is 14.6 Å². The summed E-state index contributed by atoms with van der Waals surface area (Å²) in [5, 5.41) is 18.1. The van der Waals surface area contributed by atoms with E-state index in [-0.39, 0.29) is 11.7 Å². The van der Waals surface area contributed by atoms with Crippen molar-refractivity contribution in [2.75, 3.05) is 57.5 Å². The molecule has 0 spiro atoms. The number of nitrogens with one attached hydrogen (secondary N) is 2. The Bertz CT molecular complexity index is 1660. The average molecular weight is 580 g/mol. The van der Waals surface area contributed by atoms with Crippen LogP contribution in [0.1, 0.15) is 12.0 Å². The van der Waals surface area contributed by atoms with E-state index in [2.05, 4.69) is 68.0 Å². The third kappa shape index (κ3) is 6.09. The van der Waals surface area contributed by atoms with Gasteiger partial charge in [-0.1, -0.05) is 36.6 Å². The predicted molar refractivity (Wildman–Crippen MR) is 174 cm³/mol. The van der Waals surface area contributed by atoms with E-state index in [4.69, 9.17) is 9.72 Å². The SMILES string of the molecule is C=CC(=O)Nc1cc(Nc2ncc(O)c(-c3cn4c5c(cccc35)CCC4)n2)c(OC)cc1BCCN1CCN(C)CC1. The first-order valence-electron chi connectivity index (χ1n) is 14.9. The molecule has 0 aliphatic carbocycles. The van der Waals surface area contributed by atoms with Crippen LogP contribution in [0.3, 0.4) is 0 Å². The van der Waals surface area contributed by atoms with Crippen LogP contribution in [-0.4, -0.2) is 89.5 Å². The second-order valence-corrected chi connectivity index (χ2v) is 11.4. The summed E-state index contributed by atoms with van der Waals surface area (Å²) in [7, 11) is 4.56. The summed E-state index contributed by atoms with van der Waals surface area (Å²) < 4.78 is 8.02. The van der Waals surface area contributed by atoms with Gasteiger partial charge in [-0.05, 0) is 50.2 Å². The molecule has 0 atom stereocenters. The van der Waals surface area contributed by atoms with E-state index in [1.807, 2.05) is 12.1 Å². The maximum atomic E-state index is 12.4. The van der Waals surface area contributed by atoms with Gasteiger partial charge in [-0.3, -0.25) is 4.79 Å². The van der Waals surface area contributed by atoms with E-state index >= 15 is 0 Å². The van der Waals surface area contributed by atoms with Crippen LogP contribution in [0.4, 0.5) is 17.3 Å². The quantitative estimate of drug-likeness (QED) is 0.194. The molecule has 0 saturated carbocycles. The van der Waals surface area contributed by atoms with Gasteiger partial charge in [-0.25, -0.2) is 9.97 Å². The Labute approximate surface area is 252 Å². The van der Waals surface area contributed by atoms with Crippen LogP contribution in [0.15, 0.2) is 55.4 Å². The summed E-state index contributed by atoms with van der Waals surface area (Å²) in [6.07, 6.45) is 7.82. The minimum atomic E-state index is -0.285. The Kier molecular flexibility index (Phi) is 8.35. The normalized spacial score (nSPS) is 15.3. The van der Waals surface area contributed by atoms with E-state index in [1.54, 1.807) is 7.11 Å². The van der Waals surface area contributed by atoms with Crippen LogP contribution < -0.4 is 20.8 Å². The Morgan fingerprint density at radius 3 is 2.81 bits per heavy atom. The number of aryl methyl sites for hydroxylation is 2. The molecule has 2 aliphatic rings. The minimum Gasteiger partial charge on any atom is -0.504 e. The first kappa shape index (κ1) is 28.8. The number of para-hydroxylation sites is 1. The molecule has 4 aromatic rings.